The third kappa shape index (κ3) is 3.87. The molecule has 0 amide bonds. The summed E-state index contributed by atoms with van der Waals surface area (Å²) >= 11 is 11.7. The van der Waals surface area contributed by atoms with Crippen LogP contribution >= 0.6 is 23.2 Å². The summed E-state index contributed by atoms with van der Waals surface area (Å²) < 4.78 is 5.07. The molecule has 14 heavy (non-hydrogen) atoms. The molecule has 1 rings (SSSR count). The Hall–Kier alpha value is -0.240. The van der Waals surface area contributed by atoms with Gasteiger partial charge in [0.1, 0.15) is 4.84 Å². The van der Waals surface area contributed by atoms with Gasteiger partial charge in [0.15, 0.2) is 0 Å². The van der Waals surface area contributed by atoms with Crippen molar-refractivity contribution in [3.05, 3.63) is 35.9 Å². The topological polar surface area (TPSA) is 9.23 Å². The molecule has 3 heteroatoms. The van der Waals surface area contributed by atoms with Crippen LogP contribution in [0.1, 0.15) is 5.56 Å². The summed E-state index contributed by atoms with van der Waals surface area (Å²) in [6.07, 6.45) is 0.854. The molecule has 0 heterocycles. The molecule has 0 N–H and O–H groups in total. The second kappa shape index (κ2) is 6.28. The zero-order chi connectivity index (χ0) is 10.4. The summed E-state index contributed by atoms with van der Waals surface area (Å²) in [5, 5.41) is 0. The largest absolute Gasteiger partial charge is 0.384 e. The molecule has 0 spiro atoms. The first-order chi connectivity index (χ1) is 6.74. The number of hydrogen-bond donors (Lipinski definition) is 0. The van der Waals surface area contributed by atoms with E-state index in [-0.39, 0.29) is 10.8 Å². The number of hydrogen-bond acceptors (Lipinski definition) is 1. The van der Waals surface area contributed by atoms with Gasteiger partial charge in [-0.3, -0.25) is 0 Å². The predicted molar refractivity (Wildman–Crippen MR) is 61.0 cm³/mol. The van der Waals surface area contributed by atoms with E-state index in [0.29, 0.717) is 6.61 Å². The van der Waals surface area contributed by atoms with Crippen LogP contribution in [0.25, 0.3) is 0 Å². The Balaban J connectivity index is 2.55. The lowest BCUT2D eigenvalue weighted by molar-refractivity contribution is 0.157. The molecule has 0 bridgehead atoms. The van der Waals surface area contributed by atoms with E-state index in [4.69, 9.17) is 27.9 Å². The molecular formula is C11H14Cl2O. The maximum absolute atomic E-state index is 5.86. The Morgan fingerprint density at radius 1 is 1.21 bits per heavy atom. The van der Waals surface area contributed by atoms with E-state index in [2.05, 4.69) is 12.1 Å². The molecule has 0 aromatic heterocycles. The van der Waals surface area contributed by atoms with Crippen molar-refractivity contribution in [3.63, 3.8) is 0 Å². The van der Waals surface area contributed by atoms with Gasteiger partial charge in [0.25, 0.3) is 0 Å². The predicted octanol–water partition coefficient (Wildman–Crippen LogP) is 3.30. The highest BCUT2D eigenvalue weighted by atomic mass is 35.5. The van der Waals surface area contributed by atoms with E-state index < -0.39 is 0 Å². The smallest absolute Gasteiger partial charge is 0.113 e. The van der Waals surface area contributed by atoms with Crippen molar-refractivity contribution in [2.75, 3.05) is 13.7 Å². The van der Waals surface area contributed by atoms with Gasteiger partial charge < -0.3 is 4.74 Å². The second-order valence-corrected chi connectivity index (χ2v) is 4.40. The fraction of sp³-hybridized carbons (Fsp3) is 0.455. The number of ether oxygens (including phenoxy) is 1. The molecule has 0 radical (unpaired) electrons. The fourth-order valence-electron chi connectivity index (χ4n) is 1.35. The first kappa shape index (κ1) is 11.8. The number of methoxy groups -OCH3 is 1. The highest BCUT2D eigenvalue weighted by Crippen LogP contribution is 2.20. The van der Waals surface area contributed by atoms with Gasteiger partial charge in [0, 0.05) is 13.0 Å². The number of rotatable bonds is 5. The van der Waals surface area contributed by atoms with E-state index in [1.165, 1.54) is 5.56 Å². The van der Waals surface area contributed by atoms with Gasteiger partial charge in [-0.15, -0.1) is 23.2 Å². The van der Waals surface area contributed by atoms with Crippen molar-refractivity contribution in [2.24, 2.45) is 5.92 Å². The lowest BCUT2D eigenvalue weighted by Gasteiger charge is -2.16. The zero-order valence-corrected chi connectivity index (χ0v) is 9.63. The average Bonchev–Trinajstić information content (AvgIpc) is 2.18. The van der Waals surface area contributed by atoms with Crippen molar-refractivity contribution in [3.8, 4) is 0 Å². The Morgan fingerprint density at radius 3 is 2.36 bits per heavy atom. The summed E-state index contributed by atoms with van der Waals surface area (Å²) in [6.45, 7) is 0.590. The third-order valence-electron chi connectivity index (χ3n) is 2.08. The molecule has 0 aliphatic carbocycles. The van der Waals surface area contributed by atoms with Gasteiger partial charge in [-0.25, -0.2) is 0 Å². The van der Waals surface area contributed by atoms with Gasteiger partial charge in [0.2, 0.25) is 0 Å². The highest BCUT2D eigenvalue weighted by Gasteiger charge is 2.17. The summed E-state index contributed by atoms with van der Waals surface area (Å²) in [6, 6.07) is 10.2. The van der Waals surface area contributed by atoms with Crippen LogP contribution in [0, 0.1) is 5.92 Å². The molecule has 78 valence electrons. The second-order valence-electron chi connectivity index (χ2n) is 3.24. The van der Waals surface area contributed by atoms with Crippen LogP contribution in [-0.2, 0) is 11.2 Å². The van der Waals surface area contributed by atoms with Crippen molar-refractivity contribution < 1.29 is 4.74 Å². The summed E-state index contributed by atoms with van der Waals surface area (Å²) in [7, 11) is 1.66. The average molecular weight is 233 g/mol. The molecular weight excluding hydrogens is 219 g/mol. The van der Waals surface area contributed by atoms with Gasteiger partial charge in [0.05, 0.1) is 6.61 Å². The highest BCUT2D eigenvalue weighted by molar-refractivity contribution is 6.44. The zero-order valence-electron chi connectivity index (χ0n) is 8.12. The first-order valence-corrected chi connectivity index (χ1v) is 5.42. The Morgan fingerprint density at radius 2 is 1.86 bits per heavy atom. The van der Waals surface area contributed by atoms with Crippen LogP contribution in [-0.4, -0.2) is 18.6 Å². The van der Waals surface area contributed by atoms with Crippen LogP contribution in [0.4, 0.5) is 0 Å². The number of benzene rings is 1. The molecule has 1 aromatic carbocycles. The molecule has 1 nitrogen and oxygen atoms in total. The SMILES string of the molecule is COCC(Cc1ccccc1)C(Cl)Cl. The van der Waals surface area contributed by atoms with Gasteiger partial charge in [-0.2, -0.15) is 0 Å². The lowest BCUT2D eigenvalue weighted by Crippen LogP contribution is -2.18. The molecule has 0 saturated carbocycles. The molecule has 0 saturated heterocycles. The van der Waals surface area contributed by atoms with E-state index in [1.54, 1.807) is 7.11 Å². The van der Waals surface area contributed by atoms with Crippen LogP contribution in [0.15, 0.2) is 30.3 Å². The standard InChI is InChI=1S/C11H14Cl2O/c1-14-8-10(11(12)13)7-9-5-3-2-4-6-9/h2-6,10-11H,7-8H2,1H3. The van der Waals surface area contributed by atoms with Crippen LogP contribution in [0.5, 0.6) is 0 Å². The minimum atomic E-state index is -0.379. The Bertz CT molecular complexity index is 249. The maximum atomic E-state index is 5.86. The van der Waals surface area contributed by atoms with E-state index in [9.17, 15) is 0 Å². The molecule has 0 fully saturated rings. The van der Waals surface area contributed by atoms with Gasteiger partial charge in [-0.05, 0) is 12.0 Å². The lowest BCUT2D eigenvalue weighted by atomic mass is 10.0. The summed E-state index contributed by atoms with van der Waals surface area (Å²) in [5.74, 6) is 0.158. The fourth-order valence-corrected chi connectivity index (χ4v) is 1.68. The summed E-state index contributed by atoms with van der Waals surface area (Å²) in [5.41, 5.74) is 1.24. The van der Waals surface area contributed by atoms with Crippen molar-refractivity contribution in [2.45, 2.75) is 11.3 Å². The van der Waals surface area contributed by atoms with E-state index >= 15 is 0 Å². The van der Waals surface area contributed by atoms with Crippen molar-refractivity contribution in [1.29, 1.82) is 0 Å². The molecule has 0 aliphatic heterocycles. The third-order valence-corrected chi connectivity index (χ3v) is 2.79. The Kier molecular flexibility index (Phi) is 5.31. The molecule has 1 unspecified atom stereocenters. The van der Waals surface area contributed by atoms with Crippen LogP contribution < -0.4 is 0 Å². The summed E-state index contributed by atoms with van der Waals surface area (Å²) in [4.78, 5) is -0.379. The number of alkyl halides is 2. The molecule has 1 atom stereocenters. The number of halogens is 2. The Labute approximate surface area is 95.0 Å². The molecule has 1 aromatic rings. The minimum absolute atomic E-state index is 0.158. The maximum Gasteiger partial charge on any atom is 0.113 e. The molecule has 0 aliphatic rings. The monoisotopic (exact) mass is 232 g/mol. The quantitative estimate of drug-likeness (QED) is 0.709. The van der Waals surface area contributed by atoms with Gasteiger partial charge >= 0.3 is 0 Å². The van der Waals surface area contributed by atoms with Crippen LogP contribution in [0.2, 0.25) is 0 Å². The normalized spacial score (nSPS) is 13.1. The van der Waals surface area contributed by atoms with E-state index in [0.717, 1.165) is 6.42 Å². The van der Waals surface area contributed by atoms with Gasteiger partial charge in [-0.1, -0.05) is 30.3 Å². The minimum Gasteiger partial charge on any atom is -0.384 e. The van der Waals surface area contributed by atoms with E-state index in [1.807, 2.05) is 18.2 Å². The van der Waals surface area contributed by atoms with Crippen LogP contribution in [0.3, 0.4) is 0 Å². The van der Waals surface area contributed by atoms with Crippen molar-refractivity contribution in [1.82, 2.24) is 0 Å². The van der Waals surface area contributed by atoms with Crippen molar-refractivity contribution >= 4 is 23.2 Å². The first-order valence-electron chi connectivity index (χ1n) is 4.55.